The van der Waals surface area contributed by atoms with Gasteiger partial charge in [0.1, 0.15) is 0 Å². The molecule has 14 heavy (non-hydrogen) atoms. The zero-order chi connectivity index (χ0) is 10.1. The number of hydrogen-bond acceptors (Lipinski definition) is 2. The van der Waals surface area contributed by atoms with Crippen LogP contribution in [0, 0.1) is 11.8 Å². The van der Waals surface area contributed by atoms with Gasteiger partial charge in [0.2, 0.25) is 0 Å². The molecule has 2 bridgehead atoms. The SMILES string of the molecule is CC(C)C(C)NCC1CC2CCC1O2. The van der Waals surface area contributed by atoms with Gasteiger partial charge in [-0.3, -0.25) is 0 Å². The number of nitrogens with one attached hydrogen (secondary N) is 1. The standard InChI is InChI=1S/C12H23NO/c1-8(2)9(3)13-7-10-6-11-4-5-12(10)14-11/h8-13H,4-7H2,1-3H3. The summed E-state index contributed by atoms with van der Waals surface area (Å²) in [5.74, 6) is 1.52. The van der Waals surface area contributed by atoms with Gasteiger partial charge in [0, 0.05) is 18.5 Å². The monoisotopic (exact) mass is 197 g/mol. The minimum atomic E-state index is 0.576. The molecule has 0 spiro atoms. The van der Waals surface area contributed by atoms with E-state index in [4.69, 9.17) is 4.74 Å². The molecule has 0 saturated carbocycles. The first kappa shape index (κ1) is 10.4. The second-order valence-electron chi connectivity index (χ2n) is 5.31. The van der Waals surface area contributed by atoms with Crippen LogP contribution in [0.15, 0.2) is 0 Å². The molecule has 0 radical (unpaired) electrons. The Labute approximate surface area is 87.4 Å². The molecular formula is C12H23NO. The average Bonchev–Trinajstić information content (AvgIpc) is 2.74. The smallest absolute Gasteiger partial charge is 0.0621 e. The molecular weight excluding hydrogens is 174 g/mol. The molecule has 1 N–H and O–H groups in total. The van der Waals surface area contributed by atoms with Gasteiger partial charge in [0.15, 0.2) is 0 Å². The molecule has 0 aliphatic carbocycles. The minimum absolute atomic E-state index is 0.576. The molecule has 2 aliphatic rings. The maximum Gasteiger partial charge on any atom is 0.0621 e. The molecule has 2 rings (SSSR count). The topological polar surface area (TPSA) is 21.3 Å². The maximum atomic E-state index is 5.84. The molecule has 2 heterocycles. The number of hydrogen-bond donors (Lipinski definition) is 1. The first-order valence-electron chi connectivity index (χ1n) is 6.05. The Balaban J connectivity index is 1.71. The summed E-state index contributed by atoms with van der Waals surface area (Å²) in [6, 6.07) is 0.633. The normalized spacial score (nSPS) is 38.1. The second kappa shape index (κ2) is 4.19. The Bertz CT molecular complexity index is 193. The summed E-state index contributed by atoms with van der Waals surface area (Å²) in [6.07, 6.45) is 5.07. The van der Waals surface area contributed by atoms with Crippen LogP contribution in [0.4, 0.5) is 0 Å². The van der Waals surface area contributed by atoms with Crippen molar-refractivity contribution in [2.24, 2.45) is 11.8 Å². The van der Waals surface area contributed by atoms with Crippen molar-refractivity contribution in [1.29, 1.82) is 0 Å². The summed E-state index contributed by atoms with van der Waals surface area (Å²) >= 11 is 0. The van der Waals surface area contributed by atoms with E-state index in [0.29, 0.717) is 18.2 Å². The molecule has 0 amide bonds. The van der Waals surface area contributed by atoms with Crippen LogP contribution in [0.25, 0.3) is 0 Å². The first-order valence-corrected chi connectivity index (χ1v) is 6.05. The van der Waals surface area contributed by atoms with E-state index in [0.717, 1.165) is 18.4 Å². The fourth-order valence-corrected chi connectivity index (χ4v) is 2.53. The quantitative estimate of drug-likeness (QED) is 0.746. The highest BCUT2D eigenvalue weighted by molar-refractivity contribution is 4.90. The fraction of sp³-hybridized carbons (Fsp3) is 1.00. The molecule has 4 unspecified atom stereocenters. The lowest BCUT2D eigenvalue weighted by Gasteiger charge is -2.23. The lowest BCUT2D eigenvalue weighted by atomic mass is 9.89. The number of fused-ring (bicyclic) bond motifs is 2. The van der Waals surface area contributed by atoms with Gasteiger partial charge in [-0.1, -0.05) is 13.8 Å². The van der Waals surface area contributed by atoms with E-state index in [9.17, 15) is 0 Å². The van der Waals surface area contributed by atoms with Gasteiger partial charge in [0.25, 0.3) is 0 Å². The van der Waals surface area contributed by atoms with E-state index in [1.54, 1.807) is 0 Å². The van der Waals surface area contributed by atoms with Gasteiger partial charge in [0.05, 0.1) is 12.2 Å². The van der Waals surface area contributed by atoms with Crippen LogP contribution in [0.5, 0.6) is 0 Å². The molecule has 82 valence electrons. The van der Waals surface area contributed by atoms with Crippen molar-refractivity contribution in [3.05, 3.63) is 0 Å². The van der Waals surface area contributed by atoms with Crippen molar-refractivity contribution in [3.63, 3.8) is 0 Å². The van der Waals surface area contributed by atoms with Gasteiger partial charge >= 0.3 is 0 Å². The highest BCUT2D eigenvalue weighted by Crippen LogP contribution is 2.38. The molecule has 2 saturated heterocycles. The van der Waals surface area contributed by atoms with Crippen molar-refractivity contribution in [2.45, 2.75) is 58.3 Å². The molecule has 0 aromatic heterocycles. The summed E-state index contributed by atoms with van der Waals surface area (Å²) in [4.78, 5) is 0. The van der Waals surface area contributed by atoms with Crippen molar-refractivity contribution in [3.8, 4) is 0 Å². The predicted octanol–water partition coefficient (Wildman–Crippen LogP) is 2.19. The van der Waals surface area contributed by atoms with Crippen molar-refractivity contribution < 1.29 is 4.74 Å². The summed E-state index contributed by atoms with van der Waals surface area (Å²) in [7, 11) is 0. The average molecular weight is 197 g/mol. The van der Waals surface area contributed by atoms with Gasteiger partial charge in [-0.25, -0.2) is 0 Å². The van der Waals surface area contributed by atoms with Crippen LogP contribution in [-0.4, -0.2) is 24.8 Å². The second-order valence-corrected chi connectivity index (χ2v) is 5.31. The molecule has 4 atom stereocenters. The highest BCUT2D eigenvalue weighted by atomic mass is 16.5. The Morgan fingerprint density at radius 1 is 1.29 bits per heavy atom. The summed E-state index contributed by atoms with van der Waals surface area (Å²) in [5, 5.41) is 3.63. The molecule has 0 aromatic carbocycles. The summed E-state index contributed by atoms with van der Waals surface area (Å²) in [5.41, 5.74) is 0. The van der Waals surface area contributed by atoms with E-state index in [1.807, 2.05) is 0 Å². The zero-order valence-electron chi connectivity index (χ0n) is 9.62. The Hall–Kier alpha value is -0.0800. The third kappa shape index (κ3) is 2.12. The van der Waals surface area contributed by atoms with Crippen LogP contribution < -0.4 is 5.32 Å². The van der Waals surface area contributed by atoms with Crippen LogP contribution in [0.3, 0.4) is 0 Å². The van der Waals surface area contributed by atoms with Crippen molar-refractivity contribution in [2.75, 3.05) is 6.54 Å². The van der Waals surface area contributed by atoms with E-state index in [1.165, 1.54) is 19.3 Å². The molecule has 2 fully saturated rings. The van der Waals surface area contributed by atoms with Gasteiger partial charge in [-0.05, 0) is 32.1 Å². The molecule has 2 aliphatic heterocycles. The Morgan fingerprint density at radius 3 is 2.57 bits per heavy atom. The molecule has 2 nitrogen and oxygen atoms in total. The number of ether oxygens (including phenoxy) is 1. The first-order chi connectivity index (χ1) is 6.66. The largest absolute Gasteiger partial charge is 0.375 e. The Morgan fingerprint density at radius 2 is 2.07 bits per heavy atom. The van der Waals surface area contributed by atoms with E-state index >= 15 is 0 Å². The lowest BCUT2D eigenvalue weighted by Crippen LogP contribution is -2.37. The summed E-state index contributed by atoms with van der Waals surface area (Å²) in [6.45, 7) is 7.98. The van der Waals surface area contributed by atoms with E-state index in [2.05, 4.69) is 26.1 Å². The highest BCUT2D eigenvalue weighted by Gasteiger charge is 2.40. The lowest BCUT2D eigenvalue weighted by molar-refractivity contribution is 0.0918. The third-order valence-electron chi connectivity index (χ3n) is 3.93. The van der Waals surface area contributed by atoms with Crippen LogP contribution in [0.2, 0.25) is 0 Å². The van der Waals surface area contributed by atoms with Crippen molar-refractivity contribution in [1.82, 2.24) is 5.32 Å². The summed E-state index contributed by atoms with van der Waals surface area (Å²) < 4.78 is 5.84. The van der Waals surface area contributed by atoms with Gasteiger partial charge in [-0.2, -0.15) is 0 Å². The van der Waals surface area contributed by atoms with Crippen molar-refractivity contribution >= 4 is 0 Å². The molecule has 0 aromatic rings. The predicted molar refractivity (Wildman–Crippen MR) is 58.3 cm³/mol. The molecule has 2 heteroatoms. The van der Waals surface area contributed by atoms with E-state index < -0.39 is 0 Å². The maximum absolute atomic E-state index is 5.84. The zero-order valence-corrected chi connectivity index (χ0v) is 9.62. The van der Waals surface area contributed by atoms with Gasteiger partial charge < -0.3 is 10.1 Å². The van der Waals surface area contributed by atoms with Crippen LogP contribution in [0.1, 0.15) is 40.0 Å². The van der Waals surface area contributed by atoms with Crippen LogP contribution in [-0.2, 0) is 4.74 Å². The number of rotatable bonds is 4. The van der Waals surface area contributed by atoms with Gasteiger partial charge in [-0.15, -0.1) is 0 Å². The Kier molecular flexibility index (Phi) is 3.13. The minimum Gasteiger partial charge on any atom is -0.375 e. The van der Waals surface area contributed by atoms with Crippen LogP contribution >= 0.6 is 0 Å². The fourth-order valence-electron chi connectivity index (χ4n) is 2.53. The van der Waals surface area contributed by atoms with E-state index in [-0.39, 0.29) is 0 Å². The third-order valence-corrected chi connectivity index (χ3v) is 3.93.